The average molecular weight is 593 g/mol. The van der Waals surface area contributed by atoms with Crippen LogP contribution in [-0.4, -0.2) is 61.9 Å². The lowest BCUT2D eigenvalue weighted by atomic mass is 9.99. The molecule has 0 saturated heterocycles. The van der Waals surface area contributed by atoms with Gasteiger partial charge >= 0.3 is 18.1 Å². The van der Waals surface area contributed by atoms with Crippen LogP contribution in [0.4, 0.5) is 13.2 Å². The number of nitrogens with one attached hydrogen (secondary N) is 1. The van der Waals surface area contributed by atoms with Crippen LogP contribution in [0, 0.1) is 6.92 Å². The molecular formula is C23H28BrF3N4O6. The van der Waals surface area contributed by atoms with Gasteiger partial charge < -0.3 is 31.0 Å². The summed E-state index contributed by atoms with van der Waals surface area (Å²) in [4.78, 5) is 39.9. The third-order valence-electron chi connectivity index (χ3n) is 5.00. The van der Waals surface area contributed by atoms with Gasteiger partial charge in [0.05, 0.1) is 18.8 Å². The van der Waals surface area contributed by atoms with Gasteiger partial charge in [0.25, 0.3) is 0 Å². The van der Waals surface area contributed by atoms with Crippen LogP contribution in [0.1, 0.15) is 37.3 Å². The number of amides is 1. The van der Waals surface area contributed by atoms with Crippen molar-refractivity contribution in [3.63, 3.8) is 0 Å². The van der Waals surface area contributed by atoms with Gasteiger partial charge in [0.2, 0.25) is 12.0 Å². The second-order valence-electron chi connectivity index (χ2n) is 8.14. The zero-order valence-electron chi connectivity index (χ0n) is 20.2. The number of rotatable bonds is 11. The highest BCUT2D eigenvalue weighted by Gasteiger charge is 2.49. The van der Waals surface area contributed by atoms with Crippen LogP contribution in [-0.2, 0) is 23.9 Å². The maximum Gasteiger partial charge on any atom is 0.430 e. The number of nitrogens with zero attached hydrogens (tertiary/aromatic N) is 1. The maximum absolute atomic E-state index is 13.6. The van der Waals surface area contributed by atoms with Gasteiger partial charge in [0, 0.05) is 29.9 Å². The Kier molecular flexibility index (Phi) is 10.8. The zero-order valence-corrected chi connectivity index (χ0v) is 21.8. The fraction of sp³-hybridized carbons (Fsp3) is 0.478. The van der Waals surface area contributed by atoms with Crippen molar-refractivity contribution < 1.29 is 41.8 Å². The van der Waals surface area contributed by atoms with Crippen LogP contribution in [0.3, 0.4) is 0 Å². The fourth-order valence-corrected chi connectivity index (χ4v) is 4.03. The lowest BCUT2D eigenvalue weighted by Gasteiger charge is -2.29. The van der Waals surface area contributed by atoms with Gasteiger partial charge in [-0.2, -0.15) is 13.2 Å². The molecule has 0 spiro atoms. The predicted molar refractivity (Wildman–Crippen MR) is 131 cm³/mol. The van der Waals surface area contributed by atoms with E-state index in [9.17, 15) is 27.6 Å². The van der Waals surface area contributed by atoms with E-state index in [-0.39, 0.29) is 44.3 Å². The fourth-order valence-electron chi connectivity index (χ4n) is 3.44. The molecule has 0 radical (unpaired) electrons. The lowest BCUT2D eigenvalue weighted by molar-refractivity contribution is -0.188. The average Bonchev–Trinajstić information content (AvgIpc) is 2.78. The van der Waals surface area contributed by atoms with E-state index in [1.165, 1.54) is 13.0 Å². The van der Waals surface area contributed by atoms with Crippen LogP contribution < -0.4 is 21.5 Å². The van der Waals surface area contributed by atoms with Gasteiger partial charge in [-0.25, -0.2) is 9.59 Å². The molecule has 14 heteroatoms. The Morgan fingerprint density at radius 3 is 2.49 bits per heavy atom. The number of alkyl halides is 3. The molecule has 0 aromatic heterocycles. The van der Waals surface area contributed by atoms with Crippen molar-refractivity contribution in [1.29, 1.82) is 0 Å². The molecule has 0 fully saturated rings. The number of esters is 2. The van der Waals surface area contributed by atoms with E-state index >= 15 is 0 Å². The van der Waals surface area contributed by atoms with Gasteiger partial charge in [0.1, 0.15) is 11.8 Å². The summed E-state index contributed by atoms with van der Waals surface area (Å²) in [6.07, 6.45) is -5.61. The van der Waals surface area contributed by atoms with Gasteiger partial charge in [-0.05, 0) is 43.5 Å². The van der Waals surface area contributed by atoms with E-state index in [4.69, 9.17) is 25.7 Å². The Labute approximate surface area is 219 Å². The monoisotopic (exact) mass is 592 g/mol. The second kappa shape index (κ2) is 13.3. The molecule has 5 N–H and O–H groups in total. The standard InChI is InChI=1S/C23H28BrF3N4O6/c1-12-9-15(24)10-14-11-16(19(23(25,26)27)37-18(12)14)20(33)35-7-4-8-36-21(34)17(31-13(2)32)5-3-6-30-22(28)29/h9-11,17,19H,3-8H2,1-2H3,(H,31,32)(H4,28,29,30)/t17-,19-/m0/s1. The first-order valence-corrected chi connectivity index (χ1v) is 12.0. The smallest absolute Gasteiger partial charge is 0.430 e. The Hall–Kier alpha value is -3.29. The summed E-state index contributed by atoms with van der Waals surface area (Å²) in [6, 6.07) is 2.20. The number of ether oxygens (including phenoxy) is 3. The lowest BCUT2D eigenvalue weighted by Crippen LogP contribution is -2.41. The minimum absolute atomic E-state index is 0.0182. The number of carbonyl (C=O) groups is 3. The van der Waals surface area contributed by atoms with Crippen LogP contribution in [0.2, 0.25) is 0 Å². The number of halogens is 4. The van der Waals surface area contributed by atoms with Crippen LogP contribution in [0.25, 0.3) is 6.08 Å². The molecular weight excluding hydrogens is 565 g/mol. The number of hydrogen-bond donors (Lipinski definition) is 3. The summed E-state index contributed by atoms with van der Waals surface area (Å²) in [5.74, 6) is -2.43. The molecule has 37 heavy (non-hydrogen) atoms. The van der Waals surface area contributed by atoms with Crippen molar-refractivity contribution in [2.75, 3.05) is 19.8 Å². The number of aliphatic imine (C=N–C) groups is 1. The normalized spacial score (nSPS) is 15.4. The van der Waals surface area contributed by atoms with Crippen molar-refractivity contribution in [2.45, 2.75) is 51.4 Å². The molecule has 2 atom stereocenters. The van der Waals surface area contributed by atoms with E-state index in [1.54, 1.807) is 13.0 Å². The molecule has 10 nitrogen and oxygen atoms in total. The van der Waals surface area contributed by atoms with Crippen LogP contribution >= 0.6 is 15.9 Å². The van der Waals surface area contributed by atoms with Gasteiger partial charge in [-0.15, -0.1) is 0 Å². The first-order valence-electron chi connectivity index (χ1n) is 11.2. The number of guanidine groups is 1. The molecule has 1 aliphatic rings. The Balaban J connectivity index is 1.93. The summed E-state index contributed by atoms with van der Waals surface area (Å²) in [5, 5.41) is 2.46. The predicted octanol–water partition coefficient (Wildman–Crippen LogP) is 2.50. The molecule has 0 bridgehead atoms. The van der Waals surface area contributed by atoms with Crippen molar-refractivity contribution in [2.24, 2.45) is 16.5 Å². The number of carbonyl (C=O) groups excluding carboxylic acids is 3. The zero-order chi connectivity index (χ0) is 27.8. The van der Waals surface area contributed by atoms with E-state index in [0.717, 1.165) is 6.08 Å². The molecule has 0 unspecified atom stereocenters. The summed E-state index contributed by atoms with van der Waals surface area (Å²) in [6.45, 7) is 2.58. The van der Waals surface area contributed by atoms with Crippen molar-refractivity contribution >= 4 is 45.8 Å². The summed E-state index contributed by atoms with van der Waals surface area (Å²) < 4.78 is 56.7. The minimum atomic E-state index is -4.85. The summed E-state index contributed by atoms with van der Waals surface area (Å²) >= 11 is 3.27. The highest BCUT2D eigenvalue weighted by Crippen LogP contribution is 2.40. The summed E-state index contributed by atoms with van der Waals surface area (Å²) in [5.41, 5.74) is 10.6. The highest BCUT2D eigenvalue weighted by atomic mass is 79.9. The van der Waals surface area contributed by atoms with Crippen LogP contribution in [0.15, 0.2) is 27.2 Å². The number of aryl methyl sites for hydroxylation is 1. The molecule has 0 aliphatic carbocycles. The van der Waals surface area contributed by atoms with E-state index in [2.05, 4.69) is 26.2 Å². The van der Waals surface area contributed by atoms with Crippen molar-refractivity contribution in [3.05, 3.63) is 33.3 Å². The molecule has 1 amide bonds. The first kappa shape index (κ1) is 29.9. The molecule has 0 saturated carbocycles. The molecule has 1 heterocycles. The molecule has 2 rings (SSSR count). The summed E-state index contributed by atoms with van der Waals surface area (Å²) in [7, 11) is 0. The van der Waals surface area contributed by atoms with Gasteiger partial charge in [-0.1, -0.05) is 15.9 Å². The molecule has 1 aliphatic heterocycles. The molecule has 204 valence electrons. The Bertz CT molecular complexity index is 1070. The minimum Gasteiger partial charge on any atom is -0.475 e. The van der Waals surface area contributed by atoms with Crippen molar-refractivity contribution in [3.8, 4) is 5.75 Å². The van der Waals surface area contributed by atoms with Gasteiger partial charge in [-0.3, -0.25) is 9.79 Å². The van der Waals surface area contributed by atoms with E-state index < -0.39 is 41.7 Å². The van der Waals surface area contributed by atoms with Crippen molar-refractivity contribution in [1.82, 2.24) is 5.32 Å². The topological polar surface area (TPSA) is 155 Å². The third-order valence-corrected chi connectivity index (χ3v) is 5.46. The number of fused-ring (bicyclic) bond motifs is 1. The quantitative estimate of drug-likeness (QED) is 0.153. The Morgan fingerprint density at radius 2 is 1.86 bits per heavy atom. The highest BCUT2D eigenvalue weighted by molar-refractivity contribution is 9.10. The second-order valence-corrected chi connectivity index (χ2v) is 9.05. The largest absolute Gasteiger partial charge is 0.475 e. The van der Waals surface area contributed by atoms with E-state index in [1.807, 2.05) is 0 Å². The molecule has 1 aromatic carbocycles. The molecule has 1 aromatic rings. The maximum atomic E-state index is 13.6. The third kappa shape index (κ3) is 9.26. The number of nitrogens with two attached hydrogens (primary N) is 2. The van der Waals surface area contributed by atoms with E-state index in [0.29, 0.717) is 22.0 Å². The van der Waals surface area contributed by atoms with Gasteiger partial charge in [0.15, 0.2) is 5.96 Å². The number of benzene rings is 1. The SMILES string of the molecule is CC(=O)N[C@@H](CCCN=C(N)N)C(=O)OCCCOC(=O)C1=Cc2cc(Br)cc(C)c2O[C@@H]1C(F)(F)F. The number of hydrogen-bond acceptors (Lipinski definition) is 7. The van der Waals surface area contributed by atoms with Crippen LogP contribution in [0.5, 0.6) is 5.75 Å². The Morgan fingerprint density at radius 1 is 1.19 bits per heavy atom. The first-order chi connectivity index (χ1) is 17.3.